The van der Waals surface area contributed by atoms with E-state index in [1.165, 1.54) is 23.1 Å². The molecule has 0 saturated carbocycles. The lowest BCUT2D eigenvalue weighted by atomic mass is 9.97. The summed E-state index contributed by atoms with van der Waals surface area (Å²) >= 11 is 2.75. The van der Waals surface area contributed by atoms with Crippen LogP contribution in [0.4, 0.5) is 0 Å². The second-order valence-electron chi connectivity index (χ2n) is 7.68. The highest BCUT2D eigenvalue weighted by Gasteiger charge is 2.28. The molecule has 174 valence electrons. The monoisotopic (exact) mass is 489 g/mol. The molecule has 2 heterocycles. The van der Waals surface area contributed by atoms with Gasteiger partial charge in [-0.05, 0) is 42.0 Å². The molecule has 0 atom stereocenters. The third-order valence-electron chi connectivity index (χ3n) is 5.30. The van der Waals surface area contributed by atoms with Gasteiger partial charge in [0.2, 0.25) is 0 Å². The van der Waals surface area contributed by atoms with Crippen molar-refractivity contribution in [1.29, 1.82) is 5.26 Å². The van der Waals surface area contributed by atoms with Gasteiger partial charge in [0.25, 0.3) is 5.91 Å². The lowest BCUT2D eigenvalue weighted by molar-refractivity contribution is -0.113. The first kappa shape index (κ1) is 25.0. The summed E-state index contributed by atoms with van der Waals surface area (Å²) in [5.74, 6) is 0.103. The highest BCUT2D eigenvalue weighted by molar-refractivity contribution is 8.04. The number of nitrogens with zero attached hydrogens (tertiary/aromatic N) is 1. The number of nitrogens with one attached hydrogen (secondary N) is 1. The molecule has 1 aromatic heterocycles. The number of rotatable bonds is 6. The molecule has 1 aliphatic heterocycles. The number of allylic oxidation sites excluding steroid dienone is 3. The van der Waals surface area contributed by atoms with Crippen LogP contribution in [0, 0.1) is 25.2 Å². The smallest absolute Gasteiger partial charge is 0.257 e. The highest BCUT2D eigenvalue weighted by Crippen LogP contribution is 2.40. The van der Waals surface area contributed by atoms with Gasteiger partial charge in [-0.1, -0.05) is 54.1 Å². The van der Waals surface area contributed by atoms with Crippen LogP contribution in [0.5, 0.6) is 0 Å². The fraction of sp³-hybridized carbons (Fsp3) is 0.154. The van der Waals surface area contributed by atoms with Gasteiger partial charge in [-0.15, -0.1) is 23.1 Å². The quantitative estimate of drug-likeness (QED) is 0.451. The van der Waals surface area contributed by atoms with Gasteiger partial charge < -0.3 is 22.5 Å². The fourth-order valence-electron chi connectivity index (χ4n) is 3.44. The molecule has 1 amide bonds. The Balaban J connectivity index is 2.06. The largest absolute Gasteiger partial charge is 0.397 e. The molecule has 0 spiro atoms. The van der Waals surface area contributed by atoms with Gasteiger partial charge in [0, 0.05) is 22.7 Å². The summed E-state index contributed by atoms with van der Waals surface area (Å²) in [6, 6.07) is 20.2. The number of thioether (sulfide) groups is 1. The number of hydrogen-bond donors (Lipinski definition) is 4. The molecule has 34 heavy (non-hydrogen) atoms. The van der Waals surface area contributed by atoms with Gasteiger partial charge in [0.15, 0.2) is 0 Å². The maximum atomic E-state index is 11.8. The van der Waals surface area contributed by atoms with E-state index in [2.05, 4.69) is 11.4 Å². The van der Waals surface area contributed by atoms with E-state index in [1.54, 1.807) is 0 Å². The average molecular weight is 490 g/mol. The molecule has 0 saturated heterocycles. The second kappa shape index (κ2) is 11.5. The van der Waals surface area contributed by atoms with E-state index in [4.69, 9.17) is 17.2 Å². The zero-order valence-corrected chi connectivity index (χ0v) is 20.7. The van der Waals surface area contributed by atoms with Crippen LogP contribution in [-0.4, -0.2) is 11.7 Å². The first-order chi connectivity index (χ1) is 16.3. The van der Waals surface area contributed by atoms with Crippen molar-refractivity contribution in [1.82, 2.24) is 5.32 Å². The van der Waals surface area contributed by atoms with E-state index in [0.29, 0.717) is 34.0 Å². The predicted octanol–water partition coefficient (Wildman–Crippen LogP) is 4.13. The third-order valence-corrected chi connectivity index (χ3v) is 7.33. The SMILES string of the molecule is Cc1ccccc(C)c(CN/C(N)=C(C#N)/C(=C2\CSC(C(N)=O)=C2N)c2cccs2)ccc1. The number of nitriles is 1. The minimum absolute atomic E-state index is 0.241. The lowest BCUT2D eigenvalue weighted by Gasteiger charge is -2.15. The summed E-state index contributed by atoms with van der Waals surface area (Å²) in [6.45, 7) is 4.50. The number of hydrogen-bond acceptors (Lipinski definition) is 7. The van der Waals surface area contributed by atoms with E-state index >= 15 is 0 Å². The van der Waals surface area contributed by atoms with Crippen molar-refractivity contribution in [2.45, 2.75) is 20.4 Å². The van der Waals surface area contributed by atoms with E-state index in [9.17, 15) is 10.1 Å². The molecule has 8 heteroatoms. The zero-order chi connectivity index (χ0) is 24.7. The molecule has 1 aromatic carbocycles. The molecular formula is C26H27N5OS2. The summed E-state index contributed by atoms with van der Waals surface area (Å²) in [5.41, 5.74) is 23.3. The molecule has 1 aliphatic rings. The molecular weight excluding hydrogens is 462 g/mol. The van der Waals surface area contributed by atoms with Crippen LogP contribution < -0.4 is 22.5 Å². The van der Waals surface area contributed by atoms with E-state index < -0.39 is 5.91 Å². The van der Waals surface area contributed by atoms with Crippen molar-refractivity contribution >= 4 is 34.6 Å². The van der Waals surface area contributed by atoms with Crippen molar-refractivity contribution in [2.24, 2.45) is 17.2 Å². The standard InChI is InChI=1S/C26H27N5OS2/c1-16-7-3-4-9-17(2)18(10-5-8-16)14-31-25(29)19(13-27)22(21-11-6-12-33-21)20-15-34-24(23(20)28)26(30)32/h3-12,31H,14-15,28-29H2,1-2H3,(H2,30,32)/b4-3?,7-3?,8-5?,9-4?,10-5?,16-7?,16-8?,17-9?,18-10?,18-17?,22-20-,25-19+. The summed E-state index contributed by atoms with van der Waals surface area (Å²) in [7, 11) is 0. The number of thiophene rings is 1. The van der Waals surface area contributed by atoms with Crippen LogP contribution in [0.25, 0.3) is 5.57 Å². The highest BCUT2D eigenvalue weighted by atomic mass is 32.2. The average Bonchev–Trinajstić information content (AvgIpc) is 3.47. The van der Waals surface area contributed by atoms with Crippen molar-refractivity contribution in [3.63, 3.8) is 0 Å². The van der Waals surface area contributed by atoms with Gasteiger partial charge in [0.1, 0.15) is 17.5 Å². The van der Waals surface area contributed by atoms with Crippen molar-refractivity contribution in [3.05, 3.63) is 109 Å². The van der Waals surface area contributed by atoms with Crippen LogP contribution in [-0.2, 0) is 11.3 Å². The van der Waals surface area contributed by atoms with Crippen LogP contribution in [0.1, 0.15) is 21.6 Å². The minimum atomic E-state index is -0.575. The Labute approximate surface area is 208 Å². The topological polar surface area (TPSA) is 131 Å². The molecule has 0 unspecified atom stereocenters. The van der Waals surface area contributed by atoms with Gasteiger partial charge in [-0.3, -0.25) is 4.79 Å². The number of primary amides is 1. The predicted molar refractivity (Wildman–Crippen MR) is 141 cm³/mol. The fourth-order valence-corrected chi connectivity index (χ4v) is 5.25. The maximum Gasteiger partial charge on any atom is 0.257 e. The van der Waals surface area contributed by atoms with Gasteiger partial charge in [0.05, 0.1) is 10.6 Å². The molecule has 3 rings (SSSR count). The van der Waals surface area contributed by atoms with E-state index in [0.717, 1.165) is 21.6 Å². The van der Waals surface area contributed by atoms with Crippen LogP contribution in [0.2, 0.25) is 0 Å². The zero-order valence-electron chi connectivity index (χ0n) is 19.1. The lowest BCUT2D eigenvalue weighted by Crippen LogP contribution is -2.23. The van der Waals surface area contributed by atoms with Crippen LogP contribution >= 0.6 is 23.1 Å². The van der Waals surface area contributed by atoms with E-state index in [1.807, 2.05) is 73.8 Å². The Morgan fingerprint density at radius 1 is 1.09 bits per heavy atom. The molecule has 0 bridgehead atoms. The van der Waals surface area contributed by atoms with Crippen molar-refractivity contribution in [3.8, 4) is 6.07 Å². The third kappa shape index (κ3) is 5.81. The number of amides is 1. The van der Waals surface area contributed by atoms with Crippen molar-refractivity contribution < 1.29 is 4.79 Å². The number of carbonyl (C=O) groups excluding carboxylic acids is 1. The Morgan fingerprint density at radius 3 is 2.47 bits per heavy atom. The Kier molecular flexibility index (Phi) is 8.41. The molecule has 6 nitrogen and oxygen atoms in total. The molecule has 2 aromatic rings. The van der Waals surface area contributed by atoms with Crippen LogP contribution in [0.15, 0.2) is 87.5 Å². The van der Waals surface area contributed by atoms with Gasteiger partial charge in [-0.25, -0.2) is 0 Å². The maximum absolute atomic E-state index is 11.8. The number of carbonyl (C=O) groups is 1. The normalized spacial score (nSPS) is 15.2. The summed E-state index contributed by atoms with van der Waals surface area (Å²) in [4.78, 5) is 12.9. The number of aryl methyl sites for hydroxylation is 2. The summed E-state index contributed by atoms with van der Waals surface area (Å²) in [6.07, 6.45) is 0. The Morgan fingerprint density at radius 2 is 1.82 bits per heavy atom. The van der Waals surface area contributed by atoms with Gasteiger partial charge >= 0.3 is 0 Å². The molecule has 0 radical (unpaired) electrons. The van der Waals surface area contributed by atoms with Crippen LogP contribution in [0.3, 0.4) is 0 Å². The Hall–Kier alpha value is -3.67. The molecule has 7 N–H and O–H groups in total. The van der Waals surface area contributed by atoms with Gasteiger partial charge in [-0.2, -0.15) is 5.26 Å². The van der Waals surface area contributed by atoms with E-state index in [-0.39, 0.29) is 11.4 Å². The Bertz CT molecular complexity index is 1280. The first-order valence-electron chi connectivity index (χ1n) is 10.6. The first-order valence-corrected chi connectivity index (χ1v) is 12.4. The number of nitrogens with two attached hydrogens (primary N) is 3. The molecule has 0 fully saturated rings. The second-order valence-corrected chi connectivity index (χ2v) is 9.61. The summed E-state index contributed by atoms with van der Waals surface area (Å²) in [5, 5.41) is 15.2. The van der Waals surface area contributed by atoms with Crippen molar-refractivity contribution in [2.75, 3.05) is 5.75 Å². The molecule has 0 aliphatic carbocycles. The minimum Gasteiger partial charge on any atom is -0.397 e. The summed E-state index contributed by atoms with van der Waals surface area (Å²) < 4.78 is 0.